The summed E-state index contributed by atoms with van der Waals surface area (Å²) in [6.45, 7) is 5.49. The SMILES string of the molecule is COC[C@H]1CCN(C(=O)c2ccccc2N2CCOCC2)C1. The second-order valence-electron chi connectivity index (χ2n) is 5.98. The van der Waals surface area contributed by atoms with Crippen molar-refractivity contribution in [2.45, 2.75) is 6.42 Å². The summed E-state index contributed by atoms with van der Waals surface area (Å²) in [4.78, 5) is 17.1. The number of rotatable bonds is 4. The van der Waals surface area contributed by atoms with Crippen molar-refractivity contribution in [1.29, 1.82) is 0 Å². The number of carbonyl (C=O) groups excluding carboxylic acids is 1. The maximum atomic E-state index is 12.9. The van der Waals surface area contributed by atoms with Crippen LogP contribution in [-0.2, 0) is 9.47 Å². The van der Waals surface area contributed by atoms with Crippen LogP contribution in [-0.4, -0.2) is 63.9 Å². The lowest BCUT2D eigenvalue weighted by molar-refractivity contribution is 0.0775. The van der Waals surface area contributed by atoms with Crippen molar-refractivity contribution < 1.29 is 14.3 Å². The molecule has 0 N–H and O–H groups in total. The highest BCUT2D eigenvalue weighted by atomic mass is 16.5. The van der Waals surface area contributed by atoms with Crippen LogP contribution in [0.3, 0.4) is 0 Å². The molecule has 2 saturated heterocycles. The average molecular weight is 304 g/mol. The van der Waals surface area contributed by atoms with Crippen molar-refractivity contribution >= 4 is 11.6 Å². The van der Waals surface area contributed by atoms with Crippen LogP contribution >= 0.6 is 0 Å². The molecule has 0 spiro atoms. The number of anilines is 1. The Bertz CT molecular complexity index is 514. The van der Waals surface area contributed by atoms with Gasteiger partial charge in [-0.3, -0.25) is 4.79 Å². The number of hydrogen-bond acceptors (Lipinski definition) is 4. The standard InChI is InChI=1S/C17H24N2O3/c1-21-13-14-6-7-19(12-14)17(20)15-4-2-3-5-16(15)18-8-10-22-11-9-18/h2-5,14H,6-13H2,1H3/t14-/m0/s1. The Morgan fingerprint density at radius 2 is 2.05 bits per heavy atom. The van der Waals surface area contributed by atoms with Crippen LogP contribution in [0.15, 0.2) is 24.3 Å². The molecular formula is C17H24N2O3. The second-order valence-corrected chi connectivity index (χ2v) is 5.98. The summed E-state index contributed by atoms with van der Waals surface area (Å²) in [5.74, 6) is 0.602. The van der Waals surface area contributed by atoms with E-state index >= 15 is 0 Å². The predicted molar refractivity (Wildman–Crippen MR) is 85.4 cm³/mol. The number of methoxy groups -OCH3 is 1. The number of para-hydroxylation sites is 1. The van der Waals surface area contributed by atoms with E-state index in [1.807, 2.05) is 29.2 Å². The topological polar surface area (TPSA) is 42.0 Å². The fourth-order valence-corrected chi connectivity index (χ4v) is 3.29. The molecule has 1 atom stereocenters. The van der Waals surface area contributed by atoms with Gasteiger partial charge in [-0.2, -0.15) is 0 Å². The minimum atomic E-state index is 0.140. The Morgan fingerprint density at radius 1 is 1.27 bits per heavy atom. The zero-order valence-corrected chi connectivity index (χ0v) is 13.2. The van der Waals surface area contributed by atoms with Gasteiger partial charge in [0.05, 0.1) is 25.4 Å². The number of benzene rings is 1. The molecule has 2 fully saturated rings. The third kappa shape index (κ3) is 3.25. The number of amides is 1. The van der Waals surface area contributed by atoms with Gasteiger partial charge in [-0.1, -0.05) is 12.1 Å². The largest absolute Gasteiger partial charge is 0.384 e. The molecule has 0 radical (unpaired) electrons. The van der Waals surface area contributed by atoms with Crippen LogP contribution in [0, 0.1) is 5.92 Å². The monoisotopic (exact) mass is 304 g/mol. The lowest BCUT2D eigenvalue weighted by Crippen LogP contribution is -2.38. The van der Waals surface area contributed by atoms with Crippen LogP contribution in [0.5, 0.6) is 0 Å². The van der Waals surface area contributed by atoms with Crippen molar-refractivity contribution in [3.63, 3.8) is 0 Å². The van der Waals surface area contributed by atoms with Gasteiger partial charge in [0.15, 0.2) is 0 Å². The average Bonchev–Trinajstić information content (AvgIpc) is 3.04. The molecule has 2 aliphatic rings. The molecule has 0 aliphatic carbocycles. The quantitative estimate of drug-likeness (QED) is 0.848. The van der Waals surface area contributed by atoms with Gasteiger partial charge in [-0.15, -0.1) is 0 Å². The molecule has 0 bridgehead atoms. The first-order valence-corrected chi connectivity index (χ1v) is 7.99. The molecule has 120 valence electrons. The molecule has 22 heavy (non-hydrogen) atoms. The van der Waals surface area contributed by atoms with Crippen LogP contribution in [0.2, 0.25) is 0 Å². The highest BCUT2D eigenvalue weighted by molar-refractivity contribution is 6.00. The van der Waals surface area contributed by atoms with E-state index in [9.17, 15) is 4.79 Å². The molecule has 2 aliphatic heterocycles. The maximum Gasteiger partial charge on any atom is 0.255 e. The van der Waals surface area contributed by atoms with Gasteiger partial charge in [-0.05, 0) is 18.6 Å². The van der Waals surface area contributed by atoms with Gasteiger partial charge < -0.3 is 19.3 Å². The fraction of sp³-hybridized carbons (Fsp3) is 0.588. The van der Waals surface area contributed by atoms with Gasteiger partial charge in [0.1, 0.15) is 0 Å². The lowest BCUT2D eigenvalue weighted by Gasteiger charge is -2.31. The Hall–Kier alpha value is -1.59. The van der Waals surface area contributed by atoms with E-state index in [0.29, 0.717) is 5.92 Å². The molecule has 0 saturated carbocycles. The van der Waals surface area contributed by atoms with E-state index in [1.165, 1.54) is 0 Å². The van der Waals surface area contributed by atoms with E-state index in [-0.39, 0.29) is 5.91 Å². The first-order chi connectivity index (χ1) is 10.8. The van der Waals surface area contributed by atoms with Crippen LogP contribution in [0.1, 0.15) is 16.8 Å². The highest BCUT2D eigenvalue weighted by Gasteiger charge is 2.29. The van der Waals surface area contributed by atoms with Crippen molar-refractivity contribution in [3.8, 4) is 0 Å². The Kier molecular flexibility index (Phi) is 4.95. The van der Waals surface area contributed by atoms with Crippen molar-refractivity contribution in [2.24, 2.45) is 5.92 Å². The van der Waals surface area contributed by atoms with E-state index in [0.717, 1.165) is 63.7 Å². The minimum absolute atomic E-state index is 0.140. The normalized spacial score (nSPS) is 22.1. The summed E-state index contributed by atoms with van der Waals surface area (Å²) >= 11 is 0. The molecule has 3 rings (SSSR count). The molecule has 0 aromatic heterocycles. The first kappa shape index (κ1) is 15.3. The minimum Gasteiger partial charge on any atom is -0.384 e. The predicted octanol–water partition coefficient (Wildman–Crippen LogP) is 1.63. The molecule has 0 unspecified atom stereocenters. The number of carbonyl (C=O) groups is 1. The lowest BCUT2D eigenvalue weighted by atomic mass is 10.1. The molecule has 1 aromatic rings. The van der Waals surface area contributed by atoms with E-state index in [1.54, 1.807) is 7.11 Å². The highest BCUT2D eigenvalue weighted by Crippen LogP contribution is 2.25. The second kappa shape index (κ2) is 7.11. The van der Waals surface area contributed by atoms with Crippen molar-refractivity contribution in [3.05, 3.63) is 29.8 Å². The van der Waals surface area contributed by atoms with Crippen LogP contribution in [0.25, 0.3) is 0 Å². The summed E-state index contributed by atoms with van der Waals surface area (Å²) in [7, 11) is 1.72. The number of hydrogen-bond donors (Lipinski definition) is 0. The Balaban J connectivity index is 1.75. The van der Waals surface area contributed by atoms with E-state index in [4.69, 9.17) is 9.47 Å². The molecule has 2 heterocycles. The van der Waals surface area contributed by atoms with Gasteiger partial charge in [-0.25, -0.2) is 0 Å². The Labute approximate surface area is 131 Å². The summed E-state index contributed by atoms with van der Waals surface area (Å²) in [6, 6.07) is 7.93. The van der Waals surface area contributed by atoms with Crippen LogP contribution < -0.4 is 4.90 Å². The number of ether oxygens (including phenoxy) is 2. The van der Waals surface area contributed by atoms with Crippen molar-refractivity contribution in [2.75, 3.05) is 58.0 Å². The van der Waals surface area contributed by atoms with Gasteiger partial charge in [0, 0.05) is 44.9 Å². The summed E-state index contributed by atoms with van der Waals surface area (Å²) in [6.07, 6.45) is 1.03. The maximum absolute atomic E-state index is 12.9. The van der Waals surface area contributed by atoms with Gasteiger partial charge in [0.25, 0.3) is 5.91 Å². The molecule has 5 heteroatoms. The summed E-state index contributed by atoms with van der Waals surface area (Å²) < 4.78 is 10.6. The third-order valence-corrected chi connectivity index (χ3v) is 4.46. The number of likely N-dealkylation sites (tertiary alicyclic amines) is 1. The van der Waals surface area contributed by atoms with Gasteiger partial charge in [0.2, 0.25) is 0 Å². The first-order valence-electron chi connectivity index (χ1n) is 7.99. The van der Waals surface area contributed by atoms with E-state index < -0.39 is 0 Å². The third-order valence-electron chi connectivity index (χ3n) is 4.46. The fourth-order valence-electron chi connectivity index (χ4n) is 3.29. The molecular weight excluding hydrogens is 280 g/mol. The summed E-state index contributed by atoms with van der Waals surface area (Å²) in [5, 5.41) is 0. The van der Waals surface area contributed by atoms with Crippen LogP contribution in [0.4, 0.5) is 5.69 Å². The molecule has 1 aromatic carbocycles. The zero-order valence-electron chi connectivity index (χ0n) is 13.2. The van der Waals surface area contributed by atoms with E-state index in [2.05, 4.69) is 4.90 Å². The molecule has 1 amide bonds. The Morgan fingerprint density at radius 3 is 2.82 bits per heavy atom. The van der Waals surface area contributed by atoms with Gasteiger partial charge >= 0.3 is 0 Å². The summed E-state index contributed by atoms with van der Waals surface area (Å²) in [5.41, 5.74) is 1.84. The number of morpholine rings is 1. The zero-order chi connectivity index (χ0) is 15.4. The molecule has 5 nitrogen and oxygen atoms in total. The van der Waals surface area contributed by atoms with Crippen molar-refractivity contribution in [1.82, 2.24) is 4.90 Å². The smallest absolute Gasteiger partial charge is 0.255 e. The number of nitrogens with zero attached hydrogens (tertiary/aromatic N) is 2.